The molecule has 0 aromatic carbocycles. The average Bonchev–Trinajstić information content (AvgIpc) is 3.30. The summed E-state index contributed by atoms with van der Waals surface area (Å²) in [5.41, 5.74) is 0. The SMILES string of the molecule is C[C@@H](NC(=O)CC[C@@H](C(=O)O)N1CCN(CC(=O)O)CCN(CC(=O)O)CCN(CC(=O)O)CC1)C(=O)NCCCCCC(=O)NCCC[C@@H](NC(=O)CC[C@H](NC(=O)N[C@@H](CCC(=O)O)C(=O)O)C(=O)O)C(=O)O. The number of hydrogen-bond acceptors (Lipinski definition) is 17. The van der Waals surface area contributed by atoms with Crippen molar-refractivity contribution in [3.8, 4) is 0 Å². The van der Waals surface area contributed by atoms with Gasteiger partial charge in [-0.2, -0.15) is 0 Å². The van der Waals surface area contributed by atoms with Crippen LogP contribution in [0.15, 0.2) is 0 Å². The molecular formula is C44H72N10O21. The van der Waals surface area contributed by atoms with Gasteiger partial charge in [-0.25, -0.2) is 19.2 Å². The van der Waals surface area contributed by atoms with Gasteiger partial charge in [-0.15, -0.1) is 0 Å². The predicted molar refractivity (Wildman–Crippen MR) is 256 cm³/mol. The molecule has 31 heteroatoms. The van der Waals surface area contributed by atoms with E-state index >= 15 is 0 Å². The van der Waals surface area contributed by atoms with Crippen LogP contribution in [-0.2, 0) is 57.5 Å². The summed E-state index contributed by atoms with van der Waals surface area (Å²) in [5.74, 6) is -13.0. The molecule has 31 nitrogen and oxygen atoms in total. The van der Waals surface area contributed by atoms with Crippen molar-refractivity contribution in [3.05, 3.63) is 0 Å². The Morgan fingerprint density at radius 1 is 0.400 bits per heavy atom. The molecule has 0 radical (unpaired) electrons. The molecule has 1 fully saturated rings. The molecule has 0 bridgehead atoms. The van der Waals surface area contributed by atoms with Crippen LogP contribution in [0.2, 0.25) is 0 Å². The molecule has 1 saturated heterocycles. The van der Waals surface area contributed by atoms with Gasteiger partial charge in [0.2, 0.25) is 23.6 Å². The van der Waals surface area contributed by atoms with Crippen molar-refractivity contribution in [1.29, 1.82) is 0 Å². The van der Waals surface area contributed by atoms with Crippen LogP contribution in [0.25, 0.3) is 0 Å². The van der Waals surface area contributed by atoms with Crippen LogP contribution in [0.5, 0.6) is 0 Å². The monoisotopic (exact) mass is 1080 g/mol. The smallest absolute Gasteiger partial charge is 0.326 e. The van der Waals surface area contributed by atoms with Crippen molar-refractivity contribution in [2.75, 3.05) is 85.1 Å². The highest BCUT2D eigenvalue weighted by atomic mass is 16.4. The molecule has 1 aliphatic rings. The van der Waals surface area contributed by atoms with Crippen LogP contribution in [0.1, 0.15) is 84.0 Å². The molecule has 5 atom stereocenters. The first-order chi connectivity index (χ1) is 35.3. The largest absolute Gasteiger partial charge is 0.481 e. The maximum absolute atomic E-state index is 12.9. The Hall–Kier alpha value is -7.25. The lowest BCUT2D eigenvalue weighted by molar-refractivity contribution is -0.145. The summed E-state index contributed by atoms with van der Waals surface area (Å²) in [6, 6.07) is -8.26. The van der Waals surface area contributed by atoms with E-state index < -0.39 is 140 Å². The van der Waals surface area contributed by atoms with Crippen LogP contribution in [0, 0.1) is 0 Å². The number of nitrogens with zero attached hydrogens (tertiary/aromatic N) is 4. The van der Waals surface area contributed by atoms with Crippen molar-refractivity contribution >= 4 is 77.4 Å². The van der Waals surface area contributed by atoms with Gasteiger partial charge in [0, 0.05) is 91.1 Å². The highest BCUT2D eigenvalue weighted by Gasteiger charge is 2.30. The van der Waals surface area contributed by atoms with Crippen LogP contribution in [0.4, 0.5) is 4.79 Å². The minimum Gasteiger partial charge on any atom is -0.481 e. The fraction of sp³-hybridized carbons (Fsp3) is 0.705. The summed E-state index contributed by atoms with van der Waals surface area (Å²) in [5, 5.41) is 89.5. The first kappa shape index (κ1) is 65.8. The number of carbonyl (C=O) groups excluding carboxylic acids is 5. The second-order valence-electron chi connectivity index (χ2n) is 17.7. The van der Waals surface area contributed by atoms with Gasteiger partial charge in [0.05, 0.1) is 19.6 Å². The highest BCUT2D eigenvalue weighted by molar-refractivity contribution is 5.88. The van der Waals surface area contributed by atoms with Gasteiger partial charge in [-0.1, -0.05) is 6.42 Å². The molecule has 0 aliphatic carbocycles. The van der Waals surface area contributed by atoms with E-state index in [1.807, 2.05) is 10.6 Å². The quantitative estimate of drug-likeness (QED) is 0.0271. The summed E-state index contributed by atoms with van der Waals surface area (Å²) in [6.45, 7) is 1.23. The summed E-state index contributed by atoms with van der Waals surface area (Å²) >= 11 is 0. The van der Waals surface area contributed by atoms with Crippen molar-refractivity contribution in [2.45, 2.75) is 114 Å². The molecule has 1 aliphatic heterocycles. The van der Waals surface area contributed by atoms with Crippen molar-refractivity contribution < 1.29 is 103 Å². The third kappa shape index (κ3) is 30.5. The number of carboxylic acids is 8. The van der Waals surface area contributed by atoms with Crippen molar-refractivity contribution in [2.24, 2.45) is 0 Å². The standard InChI is InChI=1S/C44H72N10O21/c1-27(47-33(56)12-10-31(43(73)74)54-22-20-52(25-37(62)63)18-16-51(24-36(60)61)17-19-53(21-23-54)26-38(64)65)39(66)46-14-4-2-3-7-32(55)45-15-5-6-28(40(67)68)48-34(57)11-8-29(41(69)70)49-44(75)50-30(42(71)72)9-13-35(58)59/h27-31H,2-26H2,1H3,(H,45,55)(H,46,66)(H,47,56)(H,48,57)(H,58,59)(H,60,61)(H,62,63)(H,64,65)(H,67,68)(H,69,70)(H,71,72)(H,73,74)(H2,49,50,75)/t27-,28-,29+,30+,31+/m1/s1. The van der Waals surface area contributed by atoms with E-state index in [-0.39, 0.29) is 110 Å². The van der Waals surface area contributed by atoms with Gasteiger partial charge in [-0.3, -0.25) is 62.8 Å². The lowest BCUT2D eigenvalue weighted by atomic mass is 10.1. The lowest BCUT2D eigenvalue weighted by Gasteiger charge is -2.35. The molecule has 0 unspecified atom stereocenters. The number of carboxylic acid groups (broad SMARTS) is 8. The Labute approximate surface area is 430 Å². The third-order valence-corrected chi connectivity index (χ3v) is 11.6. The Kier molecular flexibility index (Phi) is 31.4. The molecule has 6 amide bonds. The van der Waals surface area contributed by atoms with Gasteiger partial charge >= 0.3 is 53.8 Å². The first-order valence-corrected chi connectivity index (χ1v) is 24.2. The maximum Gasteiger partial charge on any atom is 0.326 e. The number of rotatable bonds is 35. The minimum absolute atomic E-state index is 0.0210. The highest BCUT2D eigenvalue weighted by Crippen LogP contribution is 2.12. The average molecular weight is 1080 g/mol. The number of amides is 6. The predicted octanol–water partition coefficient (Wildman–Crippen LogP) is -3.81. The number of urea groups is 1. The van der Waals surface area contributed by atoms with Crippen LogP contribution in [-0.4, -0.2) is 253 Å². The van der Waals surface area contributed by atoms with E-state index in [9.17, 15) is 98.1 Å². The molecule has 0 aromatic heterocycles. The van der Waals surface area contributed by atoms with Gasteiger partial charge in [0.1, 0.15) is 30.2 Å². The van der Waals surface area contributed by atoms with Gasteiger partial charge in [0.15, 0.2) is 0 Å². The van der Waals surface area contributed by atoms with Crippen LogP contribution in [0.3, 0.4) is 0 Å². The number of aliphatic carboxylic acids is 8. The summed E-state index contributed by atoms with van der Waals surface area (Å²) in [4.78, 5) is 162. The molecule has 75 heavy (non-hydrogen) atoms. The second kappa shape index (κ2) is 35.8. The fourth-order valence-corrected chi connectivity index (χ4v) is 7.54. The van der Waals surface area contributed by atoms with E-state index in [1.54, 1.807) is 4.90 Å². The Balaban J connectivity index is 2.54. The van der Waals surface area contributed by atoms with E-state index in [4.69, 9.17) is 5.11 Å². The zero-order chi connectivity index (χ0) is 56.6. The molecule has 1 heterocycles. The van der Waals surface area contributed by atoms with Crippen molar-refractivity contribution in [3.63, 3.8) is 0 Å². The normalized spacial score (nSPS) is 16.1. The summed E-state index contributed by atoms with van der Waals surface area (Å²) in [7, 11) is 0. The van der Waals surface area contributed by atoms with Gasteiger partial charge in [-0.05, 0) is 51.9 Å². The molecular weight excluding hydrogens is 1000 g/mol. The Morgan fingerprint density at radius 3 is 1.28 bits per heavy atom. The summed E-state index contributed by atoms with van der Waals surface area (Å²) in [6.07, 6.45) is -1.19. The number of carbonyl (C=O) groups is 13. The zero-order valence-corrected chi connectivity index (χ0v) is 41.7. The maximum atomic E-state index is 12.9. The molecule has 0 aromatic rings. The number of hydrogen-bond donors (Lipinski definition) is 14. The van der Waals surface area contributed by atoms with Crippen molar-refractivity contribution in [1.82, 2.24) is 51.5 Å². The Morgan fingerprint density at radius 2 is 0.827 bits per heavy atom. The van der Waals surface area contributed by atoms with Crippen LogP contribution >= 0.6 is 0 Å². The van der Waals surface area contributed by atoms with Gasteiger partial charge < -0.3 is 72.8 Å². The number of unbranched alkanes of at least 4 members (excludes halogenated alkanes) is 2. The van der Waals surface area contributed by atoms with E-state index in [1.165, 1.54) is 21.6 Å². The summed E-state index contributed by atoms with van der Waals surface area (Å²) < 4.78 is 0. The van der Waals surface area contributed by atoms with Crippen LogP contribution < -0.4 is 31.9 Å². The minimum atomic E-state index is -1.70. The lowest BCUT2D eigenvalue weighted by Crippen LogP contribution is -2.52. The third-order valence-electron chi connectivity index (χ3n) is 11.6. The number of nitrogens with one attached hydrogen (secondary N) is 6. The topological polar surface area (TPSA) is 469 Å². The first-order valence-electron chi connectivity index (χ1n) is 24.2. The van der Waals surface area contributed by atoms with Gasteiger partial charge in [0.25, 0.3) is 0 Å². The van der Waals surface area contributed by atoms with E-state index in [0.29, 0.717) is 19.3 Å². The molecule has 14 N–H and O–H groups in total. The van der Waals surface area contributed by atoms with E-state index in [2.05, 4.69) is 21.3 Å². The fourth-order valence-electron chi connectivity index (χ4n) is 7.54. The molecule has 1 rings (SSSR count). The molecule has 0 saturated carbocycles. The zero-order valence-electron chi connectivity index (χ0n) is 41.7. The molecule has 0 spiro atoms. The van der Waals surface area contributed by atoms with E-state index in [0.717, 1.165) is 0 Å². The second-order valence-corrected chi connectivity index (χ2v) is 17.7. The molecule has 424 valence electrons. The Bertz CT molecular complexity index is 1950.